The molecule has 0 radical (unpaired) electrons. The van der Waals surface area contributed by atoms with Gasteiger partial charge in [-0.25, -0.2) is 4.39 Å². The van der Waals surface area contributed by atoms with E-state index in [0.29, 0.717) is 22.8 Å². The average molecular weight is 291 g/mol. The first kappa shape index (κ1) is 15.1. The lowest BCUT2D eigenvalue weighted by Crippen LogP contribution is -2.19. The van der Waals surface area contributed by atoms with Crippen LogP contribution in [-0.2, 0) is 0 Å². The van der Waals surface area contributed by atoms with E-state index in [-0.39, 0.29) is 12.4 Å². The Bertz CT molecular complexity index is 582. The van der Waals surface area contributed by atoms with Crippen molar-refractivity contribution < 1.29 is 18.6 Å². The van der Waals surface area contributed by atoms with E-state index in [2.05, 4.69) is 0 Å². The largest absolute Gasteiger partial charge is 0.496 e. The highest BCUT2D eigenvalue weighted by atomic mass is 19.1. The van der Waals surface area contributed by atoms with Crippen molar-refractivity contribution in [3.05, 3.63) is 53.8 Å². The highest BCUT2D eigenvalue weighted by Crippen LogP contribution is 2.31. The molecule has 2 rings (SSSR count). The number of nitrogens with two attached hydrogens (primary N) is 1. The molecule has 0 aromatic heterocycles. The van der Waals surface area contributed by atoms with Crippen LogP contribution in [0.4, 0.5) is 4.39 Å². The van der Waals surface area contributed by atoms with Crippen LogP contribution in [0.2, 0.25) is 0 Å². The molecular formula is C16H18FNO3. The van der Waals surface area contributed by atoms with Gasteiger partial charge in [-0.05, 0) is 6.07 Å². The number of benzene rings is 2. The van der Waals surface area contributed by atoms with Crippen LogP contribution in [0.25, 0.3) is 0 Å². The van der Waals surface area contributed by atoms with Crippen molar-refractivity contribution in [2.45, 2.75) is 6.10 Å². The lowest BCUT2D eigenvalue weighted by molar-refractivity contribution is 0.207. The van der Waals surface area contributed by atoms with Crippen LogP contribution in [0.1, 0.15) is 11.7 Å². The molecule has 0 aliphatic carbocycles. The van der Waals surface area contributed by atoms with Gasteiger partial charge in [-0.3, -0.25) is 0 Å². The van der Waals surface area contributed by atoms with Gasteiger partial charge >= 0.3 is 0 Å². The van der Waals surface area contributed by atoms with Gasteiger partial charge in [0.1, 0.15) is 29.2 Å². The van der Waals surface area contributed by atoms with Gasteiger partial charge in [0.15, 0.2) is 0 Å². The summed E-state index contributed by atoms with van der Waals surface area (Å²) in [5, 5.41) is 0. The molecule has 1 atom stereocenters. The third kappa shape index (κ3) is 3.64. The minimum Gasteiger partial charge on any atom is -0.496 e. The molecule has 0 saturated carbocycles. The predicted molar refractivity (Wildman–Crippen MR) is 78.4 cm³/mol. The Morgan fingerprint density at radius 3 is 2.10 bits per heavy atom. The molecule has 112 valence electrons. The Balaban J connectivity index is 2.28. The Labute approximate surface area is 123 Å². The van der Waals surface area contributed by atoms with Crippen LogP contribution in [0.3, 0.4) is 0 Å². The summed E-state index contributed by atoms with van der Waals surface area (Å²) in [6.45, 7) is 0.153. The molecule has 0 heterocycles. The van der Waals surface area contributed by atoms with Gasteiger partial charge in [0.2, 0.25) is 0 Å². The molecular weight excluding hydrogens is 273 g/mol. The molecule has 0 bridgehead atoms. The summed E-state index contributed by atoms with van der Waals surface area (Å²) in [5.74, 6) is 1.34. The van der Waals surface area contributed by atoms with E-state index in [1.165, 1.54) is 6.07 Å². The van der Waals surface area contributed by atoms with Gasteiger partial charge in [-0.1, -0.05) is 18.2 Å². The third-order valence-corrected chi connectivity index (χ3v) is 3.07. The molecule has 0 aliphatic heterocycles. The summed E-state index contributed by atoms with van der Waals surface area (Å²) in [6, 6.07) is 11.5. The second kappa shape index (κ2) is 6.95. The average Bonchev–Trinajstić information content (AvgIpc) is 2.53. The molecule has 0 amide bonds. The molecule has 2 aromatic carbocycles. The maximum absolute atomic E-state index is 13.8. The Kier molecular flexibility index (Phi) is 5.00. The summed E-state index contributed by atoms with van der Waals surface area (Å²) in [7, 11) is 3.10. The number of rotatable bonds is 6. The standard InChI is InChI=1S/C16H18FNO3/c1-19-11-7-12(20-2)9-13(8-11)21-16(10-18)14-5-3-4-6-15(14)17/h3-9,16H,10,18H2,1-2H3. The van der Waals surface area contributed by atoms with E-state index in [1.807, 2.05) is 0 Å². The van der Waals surface area contributed by atoms with Gasteiger partial charge in [-0.2, -0.15) is 0 Å². The highest BCUT2D eigenvalue weighted by Gasteiger charge is 2.16. The number of hydrogen-bond acceptors (Lipinski definition) is 4. The van der Waals surface area contributed by atoms with Crippen LogP contribution in [-0.4, -0.2) is 20.8 Å². The maximum Gasteiger partial charge on any atom is 0.139 e. The quantitative estimate of drug-likeness (QED) is 0.889. The van der Waals surface area contributed by atoms with Crippen molar-refractivity contribution in [3.8, 4) is 17.2 Å². The molecule has 21 heavy (non-hydrogen) atoms. The number of ether oxygens (including phenoxy) is 3. The second-order valence-electron chi connectivity index (χ2n) is 4.41. The van der Waals surface area contributed by atoms with Crippen molar-refractivity contribution in [2.24, 2.45) is 5.73 Å². The van der Waals surface area contributed by atoms with E-state index < -0.39 is 6.10 Å². The number of halogens is 1. The Hall–Kier alpha value is -2.27. The smallest absolute Gasteiger partial charge is 0.139 e. The first-order chi connectivity index (χ1) is 10.2. The summed E-state index contributed by atoms with van der Waals surface area (Å²) in [4.78, 5) is 0. The number of methoxy groups -OCH3 is 2. The van der Waals surface area contributed by atoms with Crippen molar-refractivity contribution in [3.63, 3.8) is 0 Å². The number of hydrogen-bond donors (Lipinski definition) is 1. The predicted octanol–water partition coefficient (Wildman–Crippen LogP) is 2.92. The lowest BCUT2D eigenvalue weighted by Gasteiger charge is -2.19. The molecule has 4 nitrogen and oxygen atoms in total. The zero-order chi connectivity index (χ0) is 15.2. The lowest BCUT2D eigenvalue weighted by atomic mass is 10.1. The summed E-state index contributed by atoms with van der Waals surface area (Å²) < 4.78 is 30.0. The van der Waals surface area contributed by atoms with E-state index in [1.54, 1.807) is 50.6 Å². The minimum atomic E-state index is -0.581. The highest BCUT2D eigenvalue weighted by molar-refractivity contribution is 5.42. The van der Waals surface area contributed by atoms with Gasteiger partial charge in [-0.15, -0.1) is 0 Å². The summed E-state index contributed by atoms with van der Waals surface area (Å²) >= 11 is 0. The minimum absolute atomic E-state index is 0.153. The fraction of sp³-hybridized carbons (Fsp3) is 0.250. The van der Waals surface area contributed by atoms with Crippen LogP contribution >= 0.6 is 0 Å². The molecule has 2 N–H and O–H groups in total. The van der Waals surface area contributed by atoms with Gasteiger partial charge in [0, 0.05) is 30.3 Å². The Morgan fingerprint density at radius 2 is 1.57 bits per heavy atom. The molecule has 5 heteroatoms. The summed E-state index contributed by atoms with van der Waals surface area (Å²) in [5.41, 5.74) is 6.13. The van der Waals surface area contributed by atoms with E-state index >= 15 is 0 Å². The monoisotopic (exact) mass is 291 g/mol. The molecule has 0 spiro atoms. The van der Waals surface area contributed by atoms with Gasteiger partial charge < -0.3 is 19.9 Å². The molecule has 0 saturated heterocycles. The molecule has 0 aliphatic rings. The normalized spacial score (nSPS) is 11.8. The van der Waals surface area contributed by atoms with Crippen molar-refractivity contribution in [1.82, 2.24) is 0 Å². The maximum atomic E-state index is 13.8. The first-order valence-electron chi connectivity index (χ1n) is 6.52. The zero-order valence-electron chi connectivity index (χ0n) is 12.0. The van der Waals surface area contributed by atoms with Crippen molar-refractivity contribution in [1.29, 1.82) is 0 Å². The van der Waals surface area contributed by atoms with Crippen LogP contribution in [0, 0.1) is 5.82 Å². The Morgan fingerprint density at radius 1 is 1.00 bits per heavy atom. The second-order valence-corrected chi connectivity index (χ2v) is 4.41. The first-order valence-corrected chi connectivity index (χ1v) is 6.52. The van der Waals surface area contributed by atoms with Crippen LogP contribution < -0.4 is 19.9 Å². The molecule has 1 unspecified atom stereocenters. The summed E-state index contributed by atoms with van der Waals surface area (Å²) in [6.07, 6.45) is -0.581. The fourth-order valence-electron chi connectivity index (χ4n) is 1.99. The van der Waals surface area contributed by atoms with Crippen LogP contribution in [0.15, 0.2) is 42.5 Å². The molecule has 0 fully saturated rings. The van der Waals surface area contributed by atoms with Crippen molar-refractivity contribution in [2.75, 3.05) is 20.8 Å². The SMILES string of the molecule is COc1cc(OC)cc(OC(CN)c2ccccc2F)c1. The van der Waals surface area contributed by atoms with Gasteiger partial charge in [0.25, 0.3) is 0 Å². The van der Waals surface area contributed by atoms with E-state index in [9.17, 15) is 4.39 Å². The van der Waals surface area contributed by atoms with Gasteiger partial charge in [0.05, 0.1) is 14.2 Å². The van der Waals surface area contributed by atoms with E-state index in [4.69, 9.17) is 19.9 Å². The van der Waals surface area contributed by atoms with Crippen molar-refractivity contribution >= 4 is 0 Å². The van der Waals surface area contributed by atoms with Crippen LogP contribution in [0.5, 0.6) is 17.2 Å². The topological polar surface area (TPSA) is 53.7 Å². The molecule has 2 aromatic rings. The van der Waals surface area contributed by atoms with E-state index in [0.717, 1.165) is 0 Å². The zero-order valence-corrected chi connectivity index (χ0v) is 12.0. The third-order valence-electron chi connectivity index (χ3n) is 3.07. The fourth-order valence-corrected chi connectivity index (χ4v) is 1.99.